The van der Waals surface area contributed by atoms with E-state index in [2.05, 4.69) is 21.2 Å². The molecule has 2 aromatic rings. The molecule has 4 rings (SSSR count). The molecule has 3 atom stereocenters. The lowest BCUT2D eigenvalue weighted by molar-refractivity contribution is -0.0171. The minimum atomic E-state index is -1.10. The summed E-state index contributed by atoms with van der Waals surface area (Å²) >= 11 is 1.41. The zero-order chi connectivity index (χ0) is 26.8. The van der Waals surface area contributed by atoms with Crippen molar-refractivity contribution in [1.82, 2.24) is 20.2 Å². The SMILES string of the molecule is C#CCOc1cnc(/C(F)=C/c2ccc(F)c([C@]34CNC[C@@H]3CS[C@@H](N)N4C(=O)OC(C)(C)C)c2)cn1. The topological polar surface area (TPSA) is 103 Å². The predicted molar refractivity (Wildman–Crippen MR) is 138 cm³/mol. The molecule has 2 saturated heterocycles. The van der Waals surface area contributed by atoms with Gasteiger partial charge in [0.2, 0.25) is 5.88 Å². The van der Waals surface area contributed by atoms with E-state index >= 15 is 8.78 Å². The number of rotatable bonds is 5. The Morgan fingerprint density at radius 3 is 2.86 bits per heavy atom. The summed E-state index contributed by atoms with van der Waals surface area (Å²) in [6, 6.07) is 4.27. The molecule has 2 fully saturated rings. The van der Waals surface area contributed by atoms with Crippen molar-refractivity contribution in [2.24, 2.45) is 11.7 Å². The van der Waals surface area contributed by atoms with Gasteiger partial charge in [-0.2, -0.15) is 0 Å². The Balaban J connectivity index is 1.72. The number of fused-ring (bicyclic) bond motifs is 1. The van der Waals surface area contributed by atoms with Gasteiger partial charge in [0.15, 0.2) is 12.4 Å². The van der Waals surface area contributed by atoms with Crippen LogP contribution in [0.25, 0.3) is 11.9 Å². The average molecular weight is 530 g/mol. The minimum Gasteiger partial charge on any atom is -0.463 e. The molecule has 3 heterocycles. The normalized spacial score (nSPS) is 23.8. The van der Waals surface area contributed by atoms with Crippen LogP contribution in [0.2, 0.25) is 0 Å². The van der Waals surface area contributed by atoms with Crippen LogP contribution in [0.5, 0.6) is 5.88 Å². The number of thioether (sulfide) groups is 1. The summed E-state index contributed by atoms with van der Waals surface area (Å²) in [5.41, 5.74) is 4.39. The van der Waals surface area contributed by atoms with Gasteiger partial charge >= 0.3 is 6.09 Å². The summed E-state index contributed by atoms with van der Waals surface area (Å²) in [6.45, 7) is 6.14. The van der Waals surface area contributed by atoms with Gasteiger partial charge in [0.05, 0.1) is 17.9 Å². The summed E-state index contributed by atoms with van der Waals surface area (Å²) in [4.78, 5) is 22.8. The third kappa shape index (κ3) is 5.56. The Kier molecular flexibility index (Phi) is 7.73. The van der Waals surface area contributed by atoms with E-state index in [1.165, 1.54) is 47.3 Å². The van der Waals surface area contributed by atoms with Crippen molar-refractivity contribution in [3.8, 4) is 18.2 Å². The molecule has 37 heavy (non-hydrogen) atoms. The number of carbonyl (C=O) groups excluding carboxylic acids is 1. The molecule has 1 amide bonds. The Labute approximate surface area is 219 Å². The van der Waals surface area contributed by atoms with E-state index in [0.717, 1.165) is 0 Å². The van der Waals surface area contributed by atoms with Crippen molar-refractivity contribution >= 4 is 29.8 Å². The van der Waals surface area contributed by atoms with Crippen LogP contribution in [0.15, 0.2) is 30.6 Å². The second kappa shape index (κ2) is 10.7. The molecule has 3 N–H and O–H groups in total. The van der Waals surface area contributed by atoms with Crippen LogP contribution in [-0.4, -0.2) is 57.5 Å². The van der Waals surface area contributed by atoms with Gasteiger partial charge in [-0.3, -0.25) is 4.90 Å². The highest BCUT2D eigenvalue weighted by Gasteiger charge is 2.57. The number of hydrogen-bond acceptors (Lipinski definition) is 8. The zero-order valence-corrected chi connectivity index (χ0v) is 21.6. The largest absolute Gasteiger partial charge is 0.463 e. The first-order valence-corrected chi connectivity index (χ1v) is 12.8. The number of amides is 1. The molecule has 0 radical (unpaired) electrons. The Morgan fingerprint density at radius 1 is 1.41 bits per heavy atom. The fraction of sp³-hybridized carbons (Fsp3) is 0.423. The summed E-state index contributed by atoms with van der Waals surface area (Å²) in [5.74, 6) is 1.77. The summed E-state index contributed by atoms with van der Waals surface area (Å²) < 4.78 is 41.4. The third-order valence-corrected chi connectivity index (χ3v) is 7.28. The van der Waals surface area contributed by atoms with Gasteiger partial charge in [-0.1, -0.05) is 12.0 Å². The van der Waals surface area contributed by atoms with Gasteiger partial charge in [-0.15, -0.1) is 18.2 Å². The number of benzene rings is 1. The molecule has 0 saturated carbocycles. The second-order valence-corrected chi connectivity index (χ2v) is 10.9. The van der Waals surface area contributed by atoms with Crippen molar-refractivity contribution in [2.75, 3.05) is 25.4 Å². The molecule has 0 bridgehead atoms. The molecule has 1 aromatic heterocycles. The fourth-order valence-electron chi connectivity index (χ4n) is 4.58. The molecular formula is C26H29F2N5O3S. The molecule has 11 heteroatoms. The summed E-state index contributed by atoms with van der Waals surface area (Å²) in [5, 5.41) is 3.29. The first kappa shape index (κ1) is 26.9. The molecule has 2 aliphatic heterocycles. The molecule has 1 aromatic carbocycles. The van der Waals surface area contributed by atoms with Gasteiger partial charge < -0.3 is 20.5 Å². The zero-order valence-electron chi connectivity index (χ0n) is 20.8. The highest BCUT2D eigenvalue weighted by molar-refractivity contribution is 7.99. The second-order valence-electron chi connectivity index (χ2n) is 9.79. The number of nitrogens with one attached hydrogen (secondary N) is 1. The van der Waals surface area contributed by atoms with Crippen LogP contribution in [0, 0.1) is 24.1 Å². The van der Waals surface area contributed by atoms with E-state index in [1.807, 2.05) is 0 Å². The van der Waals surface area contributed by atoms with Crippen LogP contribution >= 0.6 is 11.8 Å². The fourth-order valence-corrected chi connectivity index (χ4v) is 5.83. The predicted octanol–water partition coefficient (Wildman–Crippen LogP) is 3.74. The van der Waals surface area contributed by atoms with Crippen molar-refractivity contribution < 1.29 is 23.0 Å². The lowest BCUT2D eigenvalue weighted by Gasteiger charge is -2.50. The lowest BCUT2D eigenvalue weighted by atomic mass is 9.79. The number of hydrogen-bond donors (Lipinski definition) is 2. The van der Waals surface area contributed by atoms with Crippen LogP contribution in [0.3, 0.4) is 0 Å². The van der Waals surface area contributed by atoms with Crippen molar-refractivity contribution in [3.63, 3.8) is 0 Å². The van der Waals surface area contributed by atoms with Crippen LogP contribution < -0.4 is 15.8 Å². The molecule has 196 valence electrons. The number of halogens is 2. The van der Waals surface area contributed by atoms with Gasteiger partial charge in [-0.25, -0.2) is 23.5 Å². The highest BCUT2D eigenvalue weighted by atomic mass is 32.2. The number of nitrogens with zero attached hydrogens (tertiary/aromatic N) is 3. The van der Waals surface area contributed by atoms with E-state index < -0.39 is 34.4 Å². The summed E-state index contributed by atoms with van der Waals surface area (Å²) in [7, 11) is 0. The maximum Gasteiger partial charge on any atom is 0.413 e. The number of carbonyl (C=O) groups is 1. The van der Waals surface area contributed by atoms with E-state index in [4.69, 9.17) is 21.6 Å². The third-order valence-electron chi connectivity index (χ3n) is 6.13. The number of nitrogens with two attached hydrogens (primary N) is 1. The van der Waals surface area contributed by atoms with Gasteiger partial charge in [-0.05, 0) is 44.5 Å². The molecule has 2 aliphatic rings. The standard InChI is InChI=1S/C26H29F2N5O3S/c1-5-8-35-22-13-31-21(12-32-22)20(28)10-16-6-7-19(27)18(9-16)26-15-30-11-17(26)14-37-23(29)33(26)24(34)36-25(2,3)4/h1,6-7,9-10,12-13,17,23,30H,8,11,14-15,29H2,2-4H3/b20-10-/t17-,23+,26+/m1/s1. The van der Waals surface area contributed by atoms with Crippen molar-refractivity contribution in [3.05, 3.63) is 53.2 Å². The van der Waals surface area contributed by atoms with Crippen LogP contribution in [0.1, 0.15) is 37.6 Å². The van der Waals surface area contributed by atoms with E-state index in [-0.39, 0.29) is 36.2 Å². The number of terminal acetylenes is 1. The van der Waals surface area contributed by atoms with Gasteiger partial charge in [0, 0.05) is 30.3 Å². The Bertz CT molecular complexity index is 1230. The molecule has 0 aliphatic carbocycles. The van der Waals surface area contributed by atoms with Gasteiger partial charge in [0.1, 0.15) is 22.6 Å². The van der Waals surface area contributed by atoms with E-state index in [0.29, 0.717) is 17.9 Å². The highest BCUT2D eigenvalue weighted by Crippen LogP contribution is 2.48. The Hall–Kier alpha value is -3.20. The average Bonchev–Trinajstić information content (AvgIpc) is 3.27. The maximum absolute atomic E-state index is 15.5. The van der Waals surface area contributed by atoms with Crippen LogP contribution in [-0.2, 0) is 10.3 Å². The monoisotopic (exact) mass is 529 g/mol. The Morgan fingerprint density at radius 2 is 2.19 bits per heavy atom. The van der Waals surface area contributed by atoms with E-state index in [9.17, 15) is 4.79 Å². The van der Waals surface area contributed by atoms with Crippen molar-refractivity contribution in [2.45, 2.75) is 37.4 Å². The number of aromatic nitrogens is 2. The molecule has 0 unspecified atom stereocenters. The quantitative estimate of drug-likeness (QED) is 0.565. The smallest absolute Gasteiger partial charge is 0.413 e. The molecular weight excluding hydrogens is 500 g/mol. The molecule has 0 spiro atoms. The maximum atomic E-state index is 15.5. The van der Waals surface area contributed by atoms with Crippen LogP contribution in [0.4, 0.5) is 13.6 Å². The van der Waals surface area contributed by atoms with E-state index in [1.54, 1.807) is 26.8 Å². The minimum absolute atomic E-state index is 0.0186. The lowest BCUT2D eigenvalue weighted by Crippen LogP contribution is -2.64. The summed E-state index contributed by atoms with van der Waals surface area (Å²) in [6.07, 6.45) is 8.24. The number of ether oxygens (including phenoxy) is 2. The van der Waals surface area contributed by atoms with Gasteiger partial charge in [0.25, 0.3) is 0 Å². The molecule has 8 nitrogen and oxygen atoms in total. The first-order chi connectivity index (χ1) is 17.5. The first-order valence-electron chi connectivity index (χ1n) is 11.7. The van der Waals surface area contributed by atoms with Crippen molar-refractivity contribution in [1.29, 1.82) is 0 Å².